The molecule has 0 amide bonds. The molecule has 1 heterocycles. The van der Waals surface area contributed by atoms with Crippen LogP contribution in [-0.4, -0.2) is 19.5 Å². The van der Waals surface area contributed by atoms with Gasteiger partial charge in [0.25, 0.3) is 10.0 Å². The van der Waals surface area contributed by atoms with E-state index in [-0.39, 0.29) is 10.5 Å². The van der Waals surface area contributed by atoms with Crippen LogP contribution in [0, 0.1) is 13.8 Å². The van der Waals surface area contributed by atoms with E-state index in [1.54, 1.807) is 19.9 Å². The van der Waals surface area contributed by atoms with E-state index < -0.39 is 16.0 Å². The van der Waals surface area contributed by atoms with E-state index in [9.17, 15) is 13.2 Å². The predicted molar refractivity (Wildman–Crippen MR) is 85.7 cm³/mol. The summed E-state index contributed by atoms with van der Waals surface area (Å²) in [6.07, 6.45) is 0. The van der Waals surface area contributed by atoms with Gasteiger partial charge in [-0.2, -0.15) is 0 Å². The van der Waals surface area contributed by atoms with Gasteiger partial charge in [0, 0.05) is 4.88 Å². The lowest BCUT2D eigenvalue weighted by Gasteiger charge is -2.10. The molecule has 2 rings (SSSR count). The number of carboxylic acid groups (broad SMARTS) is 1. The number of hydrogen-bond acceptors (Lipinski definition) is 4. The topological polar surface area (TPSA) is 83.5 Å². The van der Waals surface area contributed by atoms with Crippen molar-refractivity contribution in [3.8, 4) is 0 Å². The number of aryl methyl sites for hydroxylation is 2. The molecular formula is C13H12BrNO4S2. The number of benzene rings is 1. The van der Waals surface area contributed by atoms with Gasteiger partial charge < -0.3 is 5.11 Å². The summed E-state index contributed by atoms with van der Waals surface area (Å²) in [5.74, 6) is -1.05. The Morgan fingerprint density at radius 2 is 1.95 bits per heavy atom. The van der Waals surface area contributed by atoms with Gasteiger partial charge in [-0.1, -0.05) is 0 Å². The first kappa shape index (κ1) is 16.0. The molecule has 0 fully saturated rings. The van der Waals surface area contributed by atoms with Crippen LogP contribution >= 0.6 is 27.3 Å². The Morgan fingerprint density at radius 3 is 2.43 bits per heavy atom. The van der Waals surface area contributed by atoms with Crippen LogP contribution in [0.5, 0.6) is 0 Å². The quantitative estimate of drug-likeness (QED) is 0.835. The Morgan fingerprint density at radius 1 is 1.29 bits per heavy atom. The summed E-state index contributed by atoms with van der Waals surface area (Å²) in [5.41, 5.74) is 1.03. The van der Waals surface area contributed by atoms with E-state index >= 15 is 0 Å². The van der Waals surface area contributed by atoms with E-state index in [0.717, 1.165) is 3.79 Å². The molecule has 21 heavy (non-hydrogen) atoms. The van der Waals surface area contributed by atoms with Crippen LogP contribution in [0.3, 0.4) is 0 Å². The summed E-state index contributed by atoms with van der Waals surface area (Å²) in [6.45, 7) is 3.38. The standard InChI is InChI=1S/C13H12BrNO4S2/c1-7-5-9(13(16)17)3-4-10(7)15-21(18,19)11-6-12(14)20-8(11)2/h3-6,15H,1-2H3,(H,16,17). The minimum Gasteiger partial charge on any atom is -0.478 e. The number of anilines is 1. The fourth-order valence-electron chi connectivity index (χ4n) is 1.81. The van der Waals surface area contributed by atoms with Crippen LogP contribution in [0.25, 0.3) is 0 Å². The second kappa shape index (κ2) is 5.78. The molecule has 112 valence electrons. The average molecular weight is 390 g/mol. The molecule has 0 aliphatic rings. The third-order valence-electron chi connectivity index (χ3n) is 2.85. The lowest BCUT2D eigenvalue weighted by molar-refractivity contribution is 0.0697. The molecule has 1 aromatic heterocycles. The summed E-state index contributed by atoms with van der Waals surface area (Å²) in [4.78, 5) is 11.8. The second-order valence-corrected chi connectivity index (χ2v) is 8.70. The molecule has 1 aromatic carbocycles. The lowest BCUT2D eigenvalue weighted by atomic mass is 10.1. The minimum absolute atomic E-state index is 0.116. The van der Waals surface area contributed by atoms with E-state index in [1.165, 1.54) is 29.5 Å². The van der Waals surface area contributed by atoms with Crippen molar-refractivity contribution in [3.05, 3.63) is 44.1 Å². The summed E-state index contributed by atoms with van der Waals surface area (Å²) >= 11 is 4.60. The van der Waals surface area contributed by atoms with E-state index in [2.05, 4.69) is 20.7 Å². The number of thiophene rings is 1. The normalized spacial score (nSPS) is 11.4. The van der Waals surface area contributed by atoms with Crippen molar-refractivity contribution in [1.29, 1.82) is 0 Å². The number of sulfonamides is 1. The van der Waals surface area contributed by atoms with Crippen molar-refractivity contribution in [2.45, 2.75) is 18.7 Å². The van der Waals surface area contributed by atoms with Gasteiger partial charge >= 0.3 is 5.97 Å². The fourth-order valence-corrected chi connectivity index (χ4v) is 5.35. The largest absolute Gasteiger partial charge is 0.478 e. The summed E-state index contributed by atoms with van der Waals surface area (Å²) < 4.78 is 28.0. The molecule has 5 nitrogen and oxygen atoms in total. The fraction of sp³-hybridized carbons (Fsp3) is 0.154. The van der Waals surface area contributed by atoms with Crippen molar-refractivity contribution in [2.24, 2.45) is 0 Å². The zero-order valence-corrected chi connectivity index (χ0v) is 14.4. The van der Waals surface area contributed by atoms with Gasteiger partial charge in [-0.15, -0.1) is 11.3 Å². The first-order valence-corrected chi connectivity index (χ1v) is 8.92. The maximum Gasteiger partial charge on any atom is 0.335 e. The monoisotopic (exact) mass is 389 g/mol. The van der Waals surface area contributed by atoms with Gasteiger partial charge in [0.15, 0.2) is 0 Å². The smallest absolute Gasteiger partial charge is 0.335 e. The molecular weight excluding hydrogens is 378 g/mol. The SMILES string of the molecule is Cc1cc(C(=O)O)ccc1NS(=O)(=O)c1cc(Br)sc1C. The van der Waals surface area contributed by atoms with Crippen molar-refractivity contribution >= 4 is 48.9 Å². The molecule has 0 unspecified atom stereocenters. The van der Waals surface area contributed by atoms with Gasteiger partial charge in [0.2, 0.25) is 0 Å². The van der Waals surface area contributed by atoms with Crippen molar-refractivity contribution in [1.82, 2.24) is 0 Å². The highest BCUT2D eigenvalue weighted by Crippen LogP contribution is 2.31. The zero-order valence-electron chi connectivity index (χ0n) is 11.2. The maximum atomic E-state index is 12.4. The number of rotatable bonds is 4. The molecule has 2 aromatic rings. The van der Waals surface area contributed by atoms with Crippen LogP contribution in [0.15, 0.2) is 32.9 Å². The Kier molecular flexibility index (Phi) is 4.40. The molecule has 0 bridgehead atoms. The molecule has 0 radical (unpaired) electrons. The highest BCUT2D eigenvalue weighted by molar-refractivity contribution is 9.11. The number of nitrogens with one attached hydrogen (secondary N) is 1. The molecule has 0 atom stereocenters. The molecule has 0 aliphatic carbocycles. The third kappa shape index (κ3) is 3.45. The van der Waals surface area contributed by atoms with Crippen LogP contribution in [-0.2, 0) is 10.0 Å². The highest BCUT2D eigenvalue weighted by Gasteiger charge is 2.20. The first-order valence-electron chi connectivity index (χ1n) is 5.83. The Labute approximate surface area is 134 Å². The van der Waals surface area contributed by atoms with E-state index in [4.69, 9.17) is 5.11 Å². The molecule has 0 spiro atoms. The summed E-state index contributed by atoms with van der Waals surface area (Å²) in [6, 6.07) is 5.79. The van der Waals surface area contributed by atoms with Crippen LogP contribution in [0.2, 0.25) is 0 Å². The molecule has 0 aliphatic heterocycles. The molecule has 0 saturated carbocycles. The number of carbonyl (C=O) groups is 1. The van der Waals surface area contributed by atoms with Crippen LogP contribution in [0.4, 0.5) is 5.69 Å². The molecule has 8 heteroatoms. The third-order valence-corrected chi connectivity index (χ3v) is 6.02. The molecule has 0 saturated heterocycles. The first-order chi connectivity index (χ1) is 9.70. The van der Waals surface area contributed by atoms with E-state index in [1.807, 2.05) is 0 Å². The minimum atomic E-state index is -3.70. The van der Waals surface area contributed by atoms with Crippen LogP contribution < -0.4 is 4.72 Å². The van der Waals surface area contributed by atoms with Gasteiger partial charge in [-0.3, -0.25) is 4.72 Å². The number of hydrogen-bond donors (Lipinski definition) is 2. The lowest BCUT2D eigenvalue weighted by Crippen LogP contribution is -2.14. The Balaban J connectivity index is 2.37. The zero-order chi connectivity index (χ0) is 15.8. The summed E-state index contributed by atoms with van der Waals surface area (Å²) in [5, 5.41) is 8.91. The van der Waals surface area contributed by atoms with Gasteiger partial charge in [-0.25, -0.2) is 13.2 Å². The van der Waals surface area contributed by atoms with Gasteiger partial charge in [0.1, 0.15) is 4.90 Å². The number of aromatic carboxylic acids is 1. The van der Waals surface area contributed by atoms with Crippen molar-refractivity contribution < 1.29 is 18.3 Å². The van der Waals surface area contributed by atoms with Crippen LogP contribution in [0.1, 0.15) is 20.8 Å². The number of halogens is 1. The van der Waals surface area contributed by atoms with Crippen molar-refractivity contribution in [3.63, 3.8) is 0 Å². The Bertz CT molecular complexity index is 812. The molecule has 2 N–H and O–H groups in total. The van der Waals surface area contributed by atoms with Gasteiger partial charge in [0.05, 0.1) is 15.0 Å². The van der Waals surface area contributed by atoms with E-state index in [0.29, 0.717) is 16.1 Å². The number of carboxylic acids is 1. The Hall–Kier alpha value is -1.38. The summed E-state index contributed by atoms with van der Waals surface area (Å²) in [7, 11) is -3.70. The second-order valence-electron chi connectivity index (χ2n) is 4.41. The van der Waals surface area contributed by atoms with Crippen molar-refractivity contribution in [2.75, 3.05) is 4.72 Å². The van der Waals surface area contributed by atoms with Gasteiger partial charge in [-0.05, 0) is 59.6 Å². The predicted octanol–water partition coefficient (Wildman–Crippen LogP) is 3.63. The highest BCUT2D eigenvalue weighted by atomic mass is 79.9. The average Bonchev–Trinajstić information content (AvgIpc) is 2.71. The maximum absolute atomic E-state index is 12.4.